The number of aryl methyl sites for hydroxylation is 2. The van der Waals surface area contributed by atoms with E-state index in [0.717, 1.165) is 42.8 Å². The molecule has 2 N–H and O–H groups in total. The number of pyridine rings is 1. The number of carbonyl (C=O) groups is 1. The van der Waals surface area contributed by atoms with E-state index >= 15 is 0 Å². The summed E-state index contributed by atoms with van der Waals surface area (Å²) < 4.78 is 6.27. The average Bonchev–Trinajstić information content (AvgIpc) is 2.82. The van der Waals surface area contributed by atoms with Gasteiger partial charge < -0.3 is 14.5 Å². The van der Waals surface area contributed by atoms with Gasteiger partial charge in [0.05, 0.1) is 12.1 Å². The largest absolute Gasteiger partial charge is 0.487 e. The highest BCUT2D eigenvalue weighted by Crippen LogP contribution is 2.37. The molecule has 4 rings (SSSR count). The number of ether oxygens (including phenoxy) is 1. The van der Waals surface area contributed by atoms with Crippen LogP contribution in [0.4, 0.5) is 5.69 Å². The number of fused-ring (bicyclic) bond motifs is 1. The van der Waals surface area contributed by atoms with Crippen LogP contribution in [-0.2, 0) is 35.6 Å². The van der Waals surface area contributed by atoms with E-state index in [9.17, 15) is 4.79 Å². The third-order valence-corrected chi connectivity index (χ3v) is 5.54. The van der Waals surface area contributed by atoms with Gasteiger partial charge in [-0.3, -0.25) is 9.78 Å². The van der Waals surface area contributed by atoms with Crippen LogP contribution in [0.15, 0.2) is 67.0 Å². The van der Waals surface area contributed by atoms with Crippen molar-refractivity contribution in [3.8, 4) is 5.75 Å². The molecule has 0 saturated heterocycles. The van der Waals surface area contributed by atoms with Crippen LogP contribution in [0, 0.1) is 0 Å². The predicted octanol–water partition coefficient (Wildman–Crippen LogP) is 3.96. The summed E-state index contributed by atoms with van der Waals surface area (Å²) in [5.74, 6) is 5.39. The van der Waals surface area contributed by atoms with Gasteiger partial charge in [-0.25, -0.2) is 0 Å². The van der Waals surface area contributed by atoms with Crippen molar-refractivity contribution < 1.29 is 14.4 Å². The van der Waals surface area contributed by atoms with Crippen LogP contribution in [0.3, 0.4) is 0 Å². The summed E-state index contributed by atoms with van der Waals surface area (Å²) in [5, 5.41) is 0. The standard InChI is InChI=1S/C25H27N3O3/c26-31-24(29)13-12-19-8-10-20(11-9-19)18-30-23-7-1-5-22-6-3-15-28(25(22)23)17-21-4-2-14-27-16-21/h1-2,4-5,7-11,14,16H,3,6,12-13,15,17-18,26H2. The zero-order valence-electron chi connectivity index (χ0n) is 17.5. The van der Waals surface area contributed by atoms with Gasteiger partial charge in [0.25, 0.3) is 0 Å². The lowest BCUT2D eigenvalue weighted by molar-refractivity contribution is -0.144. The molecule has 0 spiro atoms. The van der Waals surface area contributed by atoms with Crippen LogP contribution in [0.2, 0.25) is 0 Å². The molecule has 2 heterocycles. The van der Waals surface area contributed by atoms with E-state index in [-0.39, 0.29) is 6.42 Å². The SMILES string of the molecule is NOC(=O)CCc1ccc(COc2cccc3c2N(Cc2cccnc2)CCC3)cc1. The summed E-state index contributed by atoms with van der Waals surface area (Å²) in [6, 6.07) is 18.5. The maximum Gasteiger partial charge on any atom is 0.324 e. The number of para-hydroxylation sites is 1. The van der Waals surface area contributed by atoms with Gasteiger partial charge in [0, 0.05) is 25.5 Å². The van der Waals surface area contributed by atoms with E-state index in [1.54, 1.807) is 6.20 Å². The third-order valence-electron chi connectivity index (χ3n) is 5.54. The van der Waals surface area contributed by atoms with E-state index in [0.29, 0.717) is 13.0 Å². The molecule has 0 atom stereocenters. The normalized spacial score (nSPS) is 12.9. The van der Waals surface area contributed by atoms with Crippen molar-refractivity contribution in [3.63, 3.8) is 0 Å². The van der Waals surface area contributed by atoms with Crippen molar-refractivity contribution in [1.29, 1.82) is 0 Å². The van der Waals surface area contributed by atoms with E-state index in [1.165, 1.54) is 16.8 Å². The van der Waals surface area contributed by atoms with Gasteiger partial charge in [-0.05, 0) is 53.6 Å². The molecule has 1 aliphatic rings. The monoisotopic (exact) mass is 417 g/mol. The van der Waals surface area contributed by atoms with Gasteiger partial charge in [-0.15, -0.1) is 0 Å². The maximum absolute atomic E-state index is 11.2. The first-order chi connectivity index (χ1) is 15.2. The number of nitrogens with zero attached hydrogens (tertiary/aromatic N) is 2. The van der Waals surface area contributed by atoms with Crippen LogP contribution < -0.4 is 15.5 Å². The number of nitrogens with two attached hydrogens (primary N) is 1. The molecule has 0 fully saturated rings. The van der Waals surface area contributed by atoms with Crippen molar-refractivity contribution in [2.45, 2.75) is 38.8 Å². The van der Waals surface area contributed by atoms with Crippen LogP contribution in [0.5, 0.6) is 5.75 Å². The summed E-state index contributed by atoms with van der Waals surface area (Å²) in [7, 11) is 0. The Morgan fingerprint density at radius 3 is 2.65 bits per heavy atom. The van der Waals surface area contributed by atoms with Crippen LogP contribution in [0.25, 0.3) is 0 Å². The molecule has 0 bridgehead atoms. The minimum atomic E-state index is -0.405. The van der Waals surface area contributed by atoms with Gasteiger partial charge in [0.2, 0.25) is 0 Å². The molecule has 3 aromatic rings. The lowest BCUT2D eigenvalue weighted by Crippen LogP contribution is -2.29. The molecule has 6 nitrogen and oxygen atoms in total. The minimum absolute atomic E-state index is 0.273. The Morgan fingerprint density at radius 2 is 1.87 bits per heavy atom. The summed E-state index contributed by atoms with van der Waals surface area (Å²) in [5.41, 5.74) is 5.86. The molecule has 0 aliphatic carbocycles. The molecule has 1 aliphatic heterocycles. The second-order valence-electron chi connectivity index (χ2n) is 7.75. The molecule has 160 valence electrons. The molecule has 0 radical (unpaired) electrons. The number of anilines is 1. The predicted molar refractivity (Wildman–Crippen MR) is 119 cm³/mol. The second-order valence-corrected chi connectivity index (χ2v) is 7.75. The van der Waals surface area contributed by atoms with E-state index < -0.39 is 5.97 Å². The van der Waals surface area contributed by atoms with E-state index in [2.05, 4.69) is 32.9 Å². The summed E-state index contributed by atoms with van der Waals surface area (Å²) >= 11 is 0. The molecule has 1 aromatic heterocycles. The summed E-state index contributed by atoms with van der Waals surface area (Å²) in [4.78, 5) is 22.0. The highest BCUT2D eigenvalue weighted by Gasteiger charge is 2.21. The number of benzene rings is 2. The highest BCUT2D eigenvalue weighted by atomic mass is 16.7. The van der Waals surface area contributed by atoms with Gasteiger partial charge in [-0.1, -0.05) is 42.5 Å². The Labute approximate surface area is 182 Å². The van der Waals surface area contributed by atoms with Crippen LogP contribution in [-0.4, -0.2) is 17.5 Å². The topological polar surface area (TPSA) is 77.7 Å². The Hall–Kier alpha value is -3.38. The summed E-state index contributed by atoms with van der Waals surface area (Å²) in [6.07, 6.45) is 6.80. The average molecular weight is 418 g/mol. The number of hydrogen-bond acceptors (Lipinski definition) is 6. The fraction of sp³-hybridized carbons (Fsp3) is 0.280. The third kappa shape index (κ3) is 5.41. The van der Waals surface area contributed by atoms with Gasteiger partial charge >= 0.3 is 5.97 Å². The zero-order chi connectivity index (χ0) is 21.5. The van der Waals surface area contributed by atoms with Crippen LogP contribution >= 0.6 is 0 Å². The Kier molecular flexibility index (Phi) is 6.79. The van der Waals surface area contributed by atoms with Crippen LogP contribution in [0.1, 0.15) is 35.1 Å². The lowest BCUT2D eigenvalue weighted by atomic mass is 10.0. The van der Waals surface area contributed by atoms with Crippen molar-refractivity contribution in [2.75, 3.05) is 11.4 Å². The maximum atomic E-state index is 11.2. The van der Waals surface area contributed by atoms with E-state index in [4.69, 9.17) is 10.6 Å². The smallest absolute Gasteiger partial charge is 0.324 e. The van der Waals surface area contributed by atoms with Crippen molar-refractivity contribution in [3.05, 3.63) is 89.2 Å². The molecular weight excluding hydrogens is 390 g/mol. The van der Waals surface area contributed by atoms with Crippen molar-refractivity contribution in [1.82, 2.24) is 4.98 Å². The second kappa shape index (κ2) is 10.1. The Morgan fingerprint density at radius 1 is 1.03 bits per heavy atom. The molecule has 2 aromatic carbocycles. The molecule has 0 unspecified atom stereocenters. The number of hydrogen-bond donors (Lipinski definition) is 1. The van der Waals surface area contributed by atoms with Gasteiger partial charge in [0.15, 0.2) is 0 Å². The number of carbonyl (C=O) groups excluding carboxylic acids is 1. The molecule has 0 saturated carbocycles. The fourth-order valence-electron chi connectivity index (χ4n) is 3.96. The number of rotatable bonds is 8. The van der Waals surface area contributed by atoms with E-state index in [1.807, 2.05) is 42.6 Å². The first kappa shape index (κ1) is 20.9. The Bertz CT molecular complexity index is 1010. The zero-order valence-corrected chi connectivity index (χ0v) is 17.5. The first-order valence-electron chi connectivity index (χ1n) is 10.6. The molecule has 31 heavy (non-hydrogen) atoms. The molecule has 6 heteroatoms. The summed E-state index contributed by atoms with van der Waals surface area (Å²) in [6.45, 7) is 2.31. The molecule has 0 amide bonds. The molecular formula is C25H27N3O3. The lowest BCUT2D eigenvalue weighted by Gasteiger charge is -2.33. The highest BCUT2D eigenvalue weighted by molar-refractivity contribution is 5.69. The minimum Gasteiger partial charge on any atom is -0.487 e. The first-order valence-corrected chi connectivity index (χ1v) is 10.6. The van der Waals surface area contributed by atoms with Gasteiger partial charge in [-0.2, -0.15) is 5.90 Å². The Balaban J connectivity index is 1.44. The number of aromatic nitrogens is 1. The fourth-order valence-corrected chi connectivity index (χ4v) is 3.96. The van der Waals surface area contributed by atoms with Gasteiger partial charge in [0.1, 0.15) is 12.4 Å². The van der Waals surface area contributed by atoms with Crippen molar-refractivity contribution in [2.24, 2.45) is 5.90 Å². The van der Waals surface area contributed by atoms with Crippen molar-refractivity contribution >= 4 is 11.7 Å². The quantitative estimate of drug-likeness (QED) is 0.559.